The number of anilines is 1. The van der Waals surface area contributed by atoms with Crippen LogP contribution in [-0.4, -0.2) is 20.3 Å². The molecule has 0 aliphatic heterocycles. The summed E-state index contributed by atoms with van der Waals surface area (Å²) in [4.78, 5) is 24.5. The lowest BCUT2D eigenvalue weighted by atomic mass is 10.2. The summed E-state index contributed by atoms with van der Waals surface area (Å²) in [6.07, 6.45) is 1.71. The van der Waals surface area contributed by atoms with Crippen LogP contribution in [-0.2, 0) is 17.9 Å². The third-order valence-electron chi connectivity index (χ3n) is 4.42. The number of rotatable bonds is 6. The van der Waals surface area contributed by atoms with Crippen LogP contribution in [0.4, 0.5) is 5.82 Å². The van der Waals surface area contributed by atoms with Gasteiger partial charge in [-0.2, -0.15) is 5.10 Å². The van der Waals surface area contributed by atoms with Crippen molar-refractivity contribution >= 4 is 46.0 Å². The summed E-state index contributed by atoms with van der Waals surface area (Å²) in [6, 6.07) is 14.1. The van der Waals surface area contributed by atoms with Gasteiger partial charge in [0.2, 0.25) is 5.91 Å². The number of aromatic nitrogens is 3. The van der Waals surface area contributed by atoms with Crippen molar-refractivity contribution in [3.05, 3.63) is 80.9 Å². The summed E-state index contributed by atoms with van der Waals surface area (Å²) < 4.78 is 8.28. The zero-order valence-corrected chi connectivity index (χ0v) is 16.7. The zero-order valence-electron chi connectivity index (χ0n) is 15.1. The molecule has 0 spiro atoms. The Kier molecular flexibility index (Phi) is 5.42. The van der Waals surface area contributed by atoms with Crippen LogP contribution in [0.3, 0.4) is 0 Å². The molecule has 2 aromatic carbocycles. The number of benzene rings is 2. The summed E-state index contributed by atoms with van der Waals surface area (Å²) in [5, 5.41) is 8.21. The molecule has 7 nitrogen and oxygen atoms in total. The third-order valence-corrected chi connectivity index (χ3v) is 4.91. The first-order chi connectivity index (χ1) is 14.0. The molecule has 9 heteroatoms. The summed E-state index contributed by atoms with van der Waals surface area (Å²) >= 11 is 11.8. The molecule has 29 heavy (non-hydrogen) atoms. The fourth-order valence-corrected chi connectivity index (χ4v) is 3.29. The first-order valence-corrected chi connectivity index (χ1v) is 9.60. The van der Waals surface area contributed by atoms with Crippen LogP contribution in [0.15, 0.2) is 63.9 Å². The molecule has 0 saturated heterocycles. The van der Waals surface area contributed by atoms with Crippen LogP contribution in [0.5, 0.6) is 0 Å². The number of halogens is 2. The second kappa shape index (κ2) is 8.14. The Morgan fingerprint density at radius 2 is 1.83 bits per heavy atom. The van der Waals surface area contributed by atoms with Crippen LogP contribution < -0.4 is 11.1 Å². The molecule has 0 aliphatic carbocycles. The SMILES string of the molecule is O=C(CCn1c(=O)oc2cc(Cl)ccc21)Nc1ccnn1Cc1ccc(Cl)cc1. The number of carbonyl (C=O) groups excluding carboxylic acids is 1. The van der Waals surface area contributed by atoms with Gasteiger partial charge in [-0.15, -0.1) is 0 Å². The van der Waals surface area contributed by atoms with Crippen LogP contribution in [0, 0.1) is 0 Å². The van der Waals surface area contributed by atoms with Crippen molar-refractivity contribution in [1.29, 1.82) is 0 Å². The molecule has 1 N–H and O–H groups in total. The summed E-state index contributed by atoms with van der Waals surface area (Å²) in [6.45, 7) is 0.678. The molecule has 0 atom stereocenters. The quantitative estimate of drug-likeness (QED) is 0.497. The fraction of sp³-hybridized carbons (Fsp3) is 0.150. The highest BCUT2D eigenvalue weighted by Crippen LogP contribution is 2.19. The lowest BCUT2D eigenvalue weighted by Crippen LogP contribution is -2.21. The van der Waals surface area contributed by atoms with E-state index in [1.165, 1.54) is 4.57 Å². The first kappa shape index (κ1) is 19.3. The van der Waals surface area contributed by atoms with Gasteiger partial charge in [-0.1, -0.05) is 35.3 Å². The van der Waals surface area contributed by atoms with Crippen molar-refractivity contribution in [3.8, 4) is 0 Å². The standard InChI is InChI=1S/C20H16Cl2N4O3/c21-14-3-1-13(2-4-14)12-26-18(7-9-23-26)24-19(27)8-10-25-16-6-5-15(22)11-17(16)29-20(25)28/h1-7,9,11H,8,10,12H2,(H,24,27). The van der Waals surface area contributed by atoms with Gasteiger partial charge in [-0.05, 0) is 29.8 Å². The number of oxazole rings is 1. The van der Waals surface area contributed by atoms with Crippen molar-refractivity contribution in [2.75, 3.05) is 5.32 Å². The van der Waals surface area contributed by atoms with Crippen LogP contribution in [0.25, 0.3) is 11.1 Å². The Morgan fingerprint density at radius 3 is 2.62 bits per heavy atom. The number of aryl methyl sites for hydroxylation is 1. The fourth-order valence-electron chi connectivity index (χ4n) is 3.00. The minimum Gasteiger partial charge on any atom is -0.408 e. The monoisotopic (exact) mass is 430 g/mol. The van der Waals surface area contributed by atoms with E-state index in [2.05, 4.69) is 10.4 Å². The topological polar surface area (TPSA) is 82.1 Å². The van der Waals surface area contributed by atoms with Gasteiger partial charge in [0.1, 0.15) is 5.82 Å². The molecule has 4 rings (SSSR count). The molecule has 4 aromatic rings. The van der Waals surface area contributed by atoms with Crippen LogP contribution >= 0.6 is 23.2 Å². The Morgan fingerprint density at radius 1 is 1.07 bits per heavy atom. The minimum absolute atomic E-state index is 0.100. The van der Waals surface area contributed by atoms with Gasteiger partial charge in [0.15, 0.2) is 5.58 Å². The number of carbonyl (C=O) groups is 1. The Balaban J connectivity index is 1.42. The second-order valence-corrected chi connectivity index (χ2v) is 7.30. The van der Waals surface area contributed by atoms with Crippen molar-refractivity contribution in [1.82, 2.24) is 14.3 Å². The Labute approximate surface area is 175 Å². The molecular weight excluding hydrogens is 415 g/mol. The molecular formula is C20H16Cl2N4O3. The molecule has 0 bridgehead atoms. The maximum Gasteiger partial charge on any atom is 0.419 e. The summed E-state index contributed by atoms with van der Waals surface area (Å²) in [5.41, 5.74) is 1.99. The number of nitrogens with zero attached hydrogens (tertiary/aromatic N) is 3. The molecule has 2 aromatic heterocycles. The largest absolute Gasteiger partial charge is 0.419 e. The van der Waals surface area contributed by atoms with Crippen molar-refractivity contribution in [2.24, 2.45) is 0 Å². The average Bonchev–Trinajstić information content (AvgIpc) is 3.24. The first-order valence-electron chi connectivity index (χ1n) is 8.84. The number of nitrogens with one attached hydrogen (secondary N) is 1. The molecule has 0 unspecified atom stereocenters. The van der Waals surface area contributed by atoms with Crippen molar-refractivity contribution in [2.45, 2.75) is 19.5 Å². The number of hydrogen-bond donors (Lipinski definition) is 1. The number of fused-ring (bicyclic) bond motifs is 1. The highest BCUT2D eigenvalue weighted by Gasteiger charge is 2.13. The summed E-state index contributed by atoms with van der Waals surface area (Å²) in [5.74, 6) is -0.193. The van der Waals surface area contributed by atoms with E-state index in [9.17, 15) is 9.59 Å². The van der Waals surface area contributed by atoms with E-state index in [-0.39, 0.29) is 18.9 Å². The zero-order chi connectivity index (χ0) is 20.4. The molecule has 0 fully saturated rings. The average molecular weight is 431 g/mol. The molecule has 2 heterocycles. The van der Waals surface area contributed by atoms with Crippen molar-refractivity contribution < 1.29 is 9.21 Å². The number of hydrogen-bond acceptors (Lipinski definition) is 4. The highest BCUT2D eigenvalue weighted by molar-refractivity contribution is 6.31. The van der Waals surface area contributed by atoms with E-state index in [0.29, 0.717) is 33.5 Å². The van der Waals surface area contributed by atoms with Crippen LogP contribution in [0.2, 0.25) is 10.0 Å². The third kappa shape index (κ3) is 4.36. The van der Waals surface area contributed by atoms with E-state index in [4.69, 9.17) is 27.6 Å². The molecule has 1 amide bonds. The van der Waals surface area contributed by atoms with Gasteiger partial charge in [0.25, 0.3) is 0 Å². The van der Waals surface area contributed by atoms with Gasteiger partial charge in [0, 0.05) is 35.1 Å². The van der Waals surface area contributed by atoms with E-state index in [1.54, 1.807) is 47.3 Å². The maximum absolute atomic E-state index is 12.4. The second-order valence-electron chi connectivity index (χ2n) is 6.43. The van der Waals surface area contributed by atoms with E-state index < -0.39 is 5.76 Å². The highest BCUT2D eigenvalue weighted by atomic mass is 35.5. The van der Waals surface area contributed by atoms with Crippen LogP contribution in [0.1, 0.15) is 12.0 Å². The predicted molar refractivity (Wildman–Crippen MR) is 112 cm³/mol. The lowest BCUT2D eigenvalue weighted by molar-refractivity contribution is -0.116. The maximum atomic E-state index is 12.4. The van der Waals surface area contributed by atoms with Gasteiger partial charge in [-0.3, -0.25) is 9.36 Å². The normalized spacial score (nSPS) is 11.1. The van der Waals surface area contributed by atoms with Crippen molar-refractivity contribution in [3.63, 3.8) is 0 Å². The van der Waals surface area contributed by atoms with Gasteiger partial charge < -0.3 is 9.73 Å². The number of amides is 1. The molecule has 0 radical (unpaired) electrons. The smallest absolute Gasteiger partial charge is 0.408 e. The molecule has 0 saturated carbocycles. The Hall–Kier alpha value is -3.03. The van der Waals surface area contributed by atoms with E-state index >= 15 is 0 Å². The predicted octanol–water partition coefficient (Wildman–Crippen LogP) is 4.17. The van der Waals surface area contributed by atoms with Gasteiger partial charge in [-0.25, -0.2) is 9.48 Å². The molecule has 148 valence electrons. The molecule has 0 aliphatic rings. The van der Waals surface area contributed by atoms with Gasteiger partial charge >= 0.3 is 5.76 Å². The summed E-state index contributed by atoms with van der Waals surface area (Å²) in [7, 11) is 0. The van der Waals surface area contributed by atoms with E-state index in [0.717, 1.165) is 5.56 Å². The lowest BCUT2D eigenvalue weighted by Gasteiger charge is -2.09. The van der Waals surface area contributed by atoms with E-state index in [1.807, 2.05) is 12.1 Å². The Bertz CT molecular complexity index is 1220. The van der Waals surface area contributed by atoms with Gasteiger partial charge in [0.05, 0.1) is 18.3 Å². The minimum atomic E-state index is -0.525.